The quantitative estimate of drug-likeness (QED) is 0.786. The van der Waals surface area contributed by atoms with Crippen LogP contribution in [0.3, 0.4) is 0 Å². The molecule has 7 nitrogen and oxygen atoms in total. The van der Waals surface area contributed by atoms with E-state index < -0.39 is 5.54 Å². The summed E-state index contributed by atoms with van der Waals surface area (Å²) in [5.41, 5.74) is 6.63. The Morgan fingerprint density at radius 2 is 2.22 bits per heavy atom. The molecule has 0 aromatic carbocycles. The Balaban J connectivity index is 1.69. The van der Waals surface area contributed by atoms with Crippen LogP contribution in [0.2, 0.25) is 0 Å². The molecule has 0 bridgehead atoms. The van der Waals surface area contributed by atoms with Crippen LogP contribution >= 0.6 is 11.3 Å². The average molecular weight is 331 g/mol. The lowest BCUT2D eigenvalue weighted by Gasteiger charge is -2.34. The van der Waals surface area contributed by atoms with Crippen molar-refractivity contribution in [1.29, 1.82) is 0 Å². The van der Waals surface area contributed by atoms with Crippen LogP contribution in [0.4, 0.5) is 0 Å². The second-order valence-corrected chi connectivity index (χ2v) is 7.37. The lowest BCUT2D eigenvalue weighted by atomic mass is 9.77. The predicted octanol–water partition coefficient (Wildman–Crippen LogP) is 1.84. The molecule has 23 heavy (non-hydrogen) atoms. The van der Waals surface area contributed by atoms with Crippen LogP contribution in [0.5, 0.6) is 0 Å². The van der Waals surface area contributed by atoms with Gasteiger partial charge in [0.2, 0.25) is 5.89 Å². The fourth-order valence-electron chi connectivity index (χ4n) is 2.83. The van der Waals surface area contributed by atoms with Gasteiger partial charge in [-0.2, -0.15) is 4.98 Å². The third-order valence-corrected chi connectivity index (χ3v) is 5.74. The summed E-state index contributed by atoms with van der Waals surface area (Å²) >= 11 is 1.53. The standard InChI is InChI=1S/C15H17N5O2S/c1-8-9(2)23-12-11(8)13(21)20(7-17-12)6-10-18-14(19-22-10)15(16)4-3-5-15/h7H,3-6,16H2,1-2H3. The molecular weight excluding hydrogens is 314 g/mol. The molecule has 0 amide bonds. The summed E-state index contributed by atoms with van der Waals surface area (Å²) in [6.07, 6.45) is 4.35. The summed E-state index contributed by atoms with van der Waals surface area (Å²) in [6.45, 7) is 4.15. The third kappa shape index (κ3) is 2.21. The Kier molecular flexibility index (Phi) is 3.14. The molecule has 4 rings (SSSR count). The molecule has 0 aliphatic heterocycles. The van der Waals surface area contributed by atoms with E-state index in [-0.39, 0.29) is 12.1 Å². The van der Waals surface area contributed by atoms with Gasteiger partial charge in [-0.1, -0.05) is 5.16 Å². The van der Waals surface area contributed by atoms with Crippen LogP contribution < -0.4 is 11.3 Å². The highest BCUT2D eigenvalue weighted by atomic mass is 32.1. The van der Waals surface area contributed by atoms with Gasteiger partial charge in [0.15, 0.2) is 5.82 Å². The molecule has 0 atom stereocenters. The molecule has 3 aromatic heterocycles. The Hall–Kier alpha value is -2.06. The van der Waals surface area contributed by atoms with Crippen molar-refractivity contribution in [3.05, 3.63) is 38.8 Å². The van der Waals surface area contributed by atoms with E-state index in [1.165, 1.54) is 22.2 Å². The molecule has 1 aliphatic carbocycles. The highest BCUT2D eigenvalue weighted by Crippen LogP contribution is 2.36. The molecule has 3 heterocycles. The second-order valence-electron chi connectivity index (χ2n) is 6.16. The SMILES string of the molecule is Cc1sc2ncn(Cc3nc(C4(N)CCC4)no3)c(=O)c2c1C. The van der Waals surface area contributed by atoms with Crippen LogP contribution in [0, 0.1) is 13.8 Å². The molecule has 0 saturated heterocycles. The summed E-state index contributed by atoms with van der Waals surface area (Å²) in [5, 5.41) is 4.65. The number of aromatic nitrogens is 4. The van der Waals surface area contributed by atoms with Crippen molar-refractivity contribution >= 4 is 21.6 Å². The van der Waals surface area contributed by atoms with Gasteiger partial charge in [-0.05, 0) is 38.7 Å². The predicted molar refractivity (Wildman–Crippen MR) is 86.5 cm³/mol. The summed E-state index contributed by atoms with van der Waals surface area (Å²) in [6, 6.07) is 0. The number of fused-ring (bicyclic) bond motifs is 1. The van der Waals surface area contributed by atoms with E-state index in [0.29, 0.717) is 17.1 Å². The fraction of sp³-hybridized carbons (Fsp3) is 0.467. The van der Waals surface area contributed by atoms with Crippen molar-refractivity contribution in [2.24, 2.45) is 5.73 Å². The molecule has 8 heteroatoms. The smallest absolute Gasteiger partial charge is 0.262 e. The number of aryl methyl sites for hydroxylation is 2. The number of nitrogens with zero attached hydrogens (tertiary/aromatic N) is 4. The first-order chi connectivity index (χ1) is 11.0. The summed E-state index contributed by atoms with van der Waals surface area (Å²) in [4.78, 5) is 23.3. The molecular formula is C15H17N5O2S. The minimum Gasteiger partial charge on any atom is -0.337 e. The van der Waals surface area contributed by atoms with Crippen molar-refractivity contribution < 1.29 is 4.52 Å². The van der Waals surface area contributed by atoms with E-state index >= 15 is 0 Å². The van der Waals surface area contributed by atoms with Crippen LogP contribution in [-0.4, -0.2) is 19.7 Å². The molecule has 120 valence electrons. The zero-order valence-electron chi connectivity index (χ0n) is 13.0. The molecule has 0 radical (unpaired) electrons. The Morgan fingerprint density at radius 3 is 2.91 bits per heavy atom. The van der Waals surface area contributed by atoms with Crippen LogP contribution in [-0.2, 0) is 12.1 Å². The molecule has 3 aromatic rings. The molecule has 0 unspecified atom stereocenters. The summed E-state index contributed by atoms with van der Waals surface area (Å²) < 4.78 is 6.77. The van der Waals surface area contributed by atoms with Crippen molar-refractivity contribution in [3.63, 3.8) is 0 Å². The Bertz CT molecular complexity index is 951. The molecule has 1 saturated carbocycles. The zero-order valence-corrected chi connectivity index (χ0v) is 13.8. The van der Waals surface area contributed by atoms with Gasteiger partial charge in [-0.15, -0.1) is 11.3 Å². The van der Waals surface area contributed by atoms with E-state index in [2.05, 4.69) is 15.1 Å². The fourth-order valence-corrected chi connectivity index (χ4v) is 3.82. The maximum Gasteiger partial charge on any atom is 0.262 e. The van der Waals surface area contributed by atoms with Gasteiger partial charge < -0.3 is 10.3 Å². The summed E-state index contributed by atoms with van der Waals surface area (Å²) in [5.74, 6) is 0.910. The van der Waals surface area contributed by atoms with Crippen molar-refractivity contribution in [3.8, 4) is 0 Å². The monoisotopic (exact) mass is 331 g/mol. The van der Waals surface area contributed by atoms with Gasteiger partial charge >= 0.3 is 0 Å². The summed E-state index contributed by atoms with van der Waals surface area (Å²) in [7, 11) is 0. The molecule has 1 fully saturated rings. The molecule has 0 spiro atoms. The largest absolute Gasteiger partial charge is 0.337 e. The van der Waals surface area contributed by atoms with Crippen LogP contribution in [0.15, 0.2) is 15.6 Å². The first-order valence-electron chi connectivity index (χ1n) is 7.55. The average Bonchev–Trinajstić information content (AvgIpc) is 3.06. The van der Waals surface area contributed by atoms with E-state index in [1.807, 2.05) is 13.8 Å². The number of hydrogen-bond donors (Lipinski definition) is 1. The zero-order chi connectivity index (χ0) is 16.2. The maximum atomic E-state index is 12.7. The van der Waals surface area contributed by atoms with Gasteiger partial charge in [0.05, 0.1) is 17.3 Å². The van der Waals surface area contributed by atoms with Gasteiger partial charge in [0, 0.05) is 4.88 Å². The van der Waals surface area contributed by atoms with Crippen LogP contribution in [0.1, 0.15) is 41.4 Å². The third-order valence-electron chi connectivity index (χ3n) is 4.62. The number of nitrogens with two attached hydrogens (primary N) is 1. The van der Waals surface area contributed by atoms with Crippen LogP contribution in [0.25, 0.3) is 10.2 Å². The van der Waals surface area contributed by atoms with E-state index in [9.17, 15) is 4.79 Å². The van der Waals surface area contributed by atoms with Crippen molar-refractivity contribution in [2.75, 3.05) is 0 Å². The van der Waals surface area contributed by atoms with Gasteiger partial charge in [-0.25, -0.2) is 4.98 Å². The Morgan fingerprint density at radius 1 is 1.43 bits per heavy atom. The van der Waals surface area contributed by atoms with E-state index in [0.717, 1.165) is 34.5 Å². The number of thiophene rings is 1. The second kappa shape index (κ2) is 4.97. The lowest BCUT2D eigenvalue weighted by Crippen LogP contribution is -2.44. The van der Waals surface area contributed by atoms with E-state index in [4.69, 9.17) is 10.3 Å². The van der Waals surface area contributed by atoms with Gasteiger partial charge in [0.25, 0.3) is 5.56 Å². The number of rotatable bonds is 3. The number of hydrogen-bond acceptors (Lipinski definition) is 7. The van der Waals surface area contributed by atoms with Gasteiger partial charge in [0.1, 0.15) is 11.4 Å². The molecule has 1 aliphatic rings. The topological polar surface area (TPSA) is 99.8 Å². The molecule has 2 N–H and O–H groups in total. The normalized spacial score (nSPS) is 16.7. The highest BCUT2D eigenvalue weighted by molar-refractivity contribution is 7.18. The van der Waals surface area contributed by atoms with Gasteiger partial charge in [-0.3, -0.25) is 9.36 Å². The van der Waals surface area contributed by atoms with E-state index in [1.54, 1.807) is 0 Å². The van der Waals surface area contributed by atoms with Crippen molar-refractivity contribution in [1.82, 2.24) is 19.7 Å². The minimum atomic E-state index is -0.462. The first-order valence-corrected chi connectivity index (χ1v) is 8.37. The maximum absolute atomic E-state index is 12.7. The lowest BCUT2D eigenvalue weighted by molar-refractivity contribution is 0.228. The minimum absolute atomic E-state index is 0.0808. The highest BCUT2D eigenvalue weighted by Gasteiger charge is 2.39. The van der Waals surface area contributed by atoms with Crippen molar-refractivity contribution in [2.45, 2.75) is 45.2 Å². The Labute approximate surface area is 136 Å². The first kappa shape index (κ1) is 14.5.